The minimum absolute atomic E-state index is 0.144. The van der Waals surface area contributed by atoms with Crippen molar-refractivity contribution in [3.05, 3.63) is 18.3 Å². The maximum absolute atomic E-state index is 12.3. The lowest BCUT2D eigenvalue weighted by atomic mass is 9.97. The van der Waals surface area contributed by atoms with E-state index in [0.29, 0.717) is 31.3 Å². The van der Waals surface area contributed by atoms with Crippen molar-refractivity contribution in [3.8, 4) is 5.88 Å². The third-order valence-corrected chi connectivity index (χ3v) is 3.41. The number of piperidine rings is 1. The van der Waals surface area contributed by atoms with Gasteiger partial charge in [0.15, 0.2) is 0 Å². The summed E-state index contributed by atoms with van der Waals surface area (Å²) in [6, 6.07) is 2.99. The van der Waals surface area contributed by atoms with Crippen LogP contribution in [0.1, 0.15) is 19.8 Å². The van der Waals surface area contributed by atoms with Crippen molar-refractivity contribution in [2.45, 2.75) is 19.8 Å². The molecule has 1 atom stereocenters. The van der Waals surface area contributed by atoms with Crippen LogP contribution in [0.2, 0.25) is 0 Å². The second kappa shape index (κ2) is 6.92. The number of likely N-dealkylation sites (tertiary alicyclic amines) is 1. The Morgan fingerprint density at radius 2 is 2.38 bits per heavy atom. The molecule has 1 aromatic rings. The number of carbonyl (C=O) groups excluding carboxylic acids is 2. The third kappa shape index (κ3) is 3.84. The van der Waals surface area contributed by atoms with Gasteiger partial charge in [-0.05, 0) is 31.9 Å². The molecule has 0 aliphatic carbocycles. The number of nitrogens with two attached hydrogens (primary N) is 1. The van der Waals surface area contributed by atoms with Gasteiger partial charge in [-0.1, -0.05) is 0 Å². The Morgan fingerprint density at radius 3 is 3.10 bits per heavy atom. The number of amides is 3. The molecular formula is C14H20N4O3. The molecule has 7 nitrogen and oxygen atoms in total. The summed E-state index contributed by atoms with van der Waals surface area (Å²) in [4.78, 5) is 29.1. The van der Waals surface area contributed by atoms with E-state index in [4.69, 9.17) is 10.5 Å². The van der Waals surface area contributed by atoms with Crippen LogP contribution in [0.3, 0.4) is 0 Å². The molecule has 1 aromatic heterocycles. The number of primary amides is 1. The molecule has 21 heavy (non-hydrogen) atoms. The van der Waals surface area contributed by atoms with E-state index in [-0.39, 0.29) is 11.8 Å². The molecule has 0 radical (unpaired) electrons. The predicted molar refractivity (Wildman–Crippen MR) is 77.9 cm³/mol. The fourth-order valence-electron chi connectivity index (χ4n) is 2.36. The average Bonchev–Trinajstić information content (AvgIpc) is 2.49. The van der Waals surface area contributed by atoms with Gasteiger partial charge in [0.05, 0.1) is 12.5 Å². The number of hydrogen-bond donors (Lipinski definition) is 2. The molecule has 7 heteroatoms. The molecular weight excluding hydrogens is 272 g/mol. The summed E-state index contributed by atoms with van der Waals surface area (Å²) in [6.07, 6.45) is 3.11. The zero-order chi connectivity index (χ0) is 15.2. The van der Waals surface area contributed by atoms with E-state index in [1.807, 2.05) is 6.92 Å². The van der Waals surface area contributed by atoms with Gasteiger partial charge in [-0.2, -0.15) is 0 Å². The van der Waals surface area contributed by atoms with Gasteiger partial charge in [-0.3, -0.25) is 4.79 Å². The Balaban J connectivity index is 2.02. The lowest BCUT2D eigenvalue weighted by molar-refractivity contribution is -0.121. The van der Waals surface area contributed by atoms with Crippen molar-refractivity contribution in [1.82, 2.24) is 9.88 Å². The largest absolute Gasteiger partial charge is 0.476 e. The van der Waals surface area contributed by atoms with Crippen LogP contribution >= 0.6 is 0 Å². The Hall–Kier alpha value is -2.31. The highest BCUT2D eigenvalue weighted by Gasteiger charge is 2.28. The smallest absolute Gasteiger partial charge is 0.314 e. The van der Waals surface area contributed by atoms with Gasteiger partial charge < -0.3 is 20.7 Å². The summed E-state index contributed by atoms with van der Waals surface area (Å²) in [5, 5.41) is 2.82. The van der Waals surface area contributed by atoms with E-state index in [0.717, 1.165) is 12.8 Å². The van der Waals surface area contributed by atoms with Crippen LogP contribution in [0.15, 0.2) is 18.3 Å². The molecule has 0 spiro atoms. The number of urea groups is 1. The highest BCUT2D eigenvalue weighted by Crippen LogP contribution is 2.23. The third-order valence-electron chi connectivity index (χ3n) is 3.41. The topological polar surface area (TPSA) is 97.6 Å². The van der Waals surface area contributed by atoms with Crippen LogP contribution in [0.4, 0.5) is 10.5 Å². The van der Waals surface area contributed by atoms with Crippen molar-refractivity contribution in [1.29, 1.82) is 0 Å². The minimum Gasteiger partial charge on any atom is -0.476 e. The summed E-state index contributed by atoms with van der Waals surface area (Å²) >= 11 is 0. The number of nitrogens with zero attached hydrogens (tertiary/aromatic N) is 2. The van der Waals surface area contributed by atoms with E-state index in [1.54, 1.807) is 18.3 Å². The van der Waals surface area contributed by atoms with Crippen LogP contribution in [0, 0.1) is 5.92 Å². The van der Waals surface area contributed by atoms with Crippen LogP contribution in [0.25, 0.3) is 0 Å². The number of rotatable bonds is 4. The minimum atomic E-state index is -0.483. The summed E-state index contributed by atoms with van der Waals surface area (Å²) in [5.41, 5.74) is 5.81. The SMILES string of the molecule is CCOc1ncccc1NC(=O)[C@H]1CCCN(C(N)=O)C1. The molecule has 114 valence electrons. The zero-order valence-corrected chi connectivity index (χ0v) is 12.0. The van der Waals surface area contributed by atoms with E-state index in [9.17, 15) is 9.59 Å². The number of nitrogens with one attached hydrogen (secondary N) is 1. The molecule has 2 rings (SSSR count). The van der Waals surface area contributed by atoms with Crippen molar-refractivity contribution >= 4 is 17.6 Å². The van der Waals surface area contributed by atoms with Gasteiger partial charge >= 0.3 is 6.03 Å². The quantitative estimate of drug-likeness (QED) is 0.871. The highest BCUT2D eigenvalue weighted by molar-refractivity contribution is 5.94. The van der Waals surface area contributed by atoms with Crippen LogP contribution in [-0.2, 0) is 4.79 Å². The summed E-state index contributed by atoms with van der Waals surface area (Å²) in [7, 11) is 0. The molecule has 3 amide bonds. The zero-order valence-electron chi connectivity index (χ0n) is 12.0. The highest BCUT2D eigenvalue weighted by atomic mass is 16.5. The molecule has 2 heterocycles. The Morgan fingerprint density at radius 1 is 1.57 bits per heavy atom. The second-order valence-corrected chi connectivity index (χ2v) is 4.90. The standard InChI is InChI=1S/C14H20N4O3/c1-2-21-13-11(6-3-7-16-13)17-12(19)10-5-4-8-18(9-10)14(15)20/h3,6-7,10H,2,4-5,8-9H2,1H3,(H2,15,20)(H,17,19)/t10-/m0/s1. The number of hydrogen-bond acceptors (Lipinski definition) is 4. The van der Waals surface area contributed by atoms with E-state index < -0.39 is 6.03 Å². The number of pyridine rings is 1. The van der Waals surface area contributed by atoms with Crippen molar-refractivity contribution in [3.63, 3.8) is 0 Å². The fraction of sp³-hybridized carbons (Fsp3) is 0.500. The van der Waals surface area contributed by atoms with Gasteiger partial charge in [0, 0.05) is 19.3 Å². The molecule has 0 unspecified atom stereocenters. The first-order valence-corrected chi connectivity index (χ1v) is 7.05. The molecule has 1 saturated heterocycles. The van der Waals surface area contributed by atoms with Gasteiger partial charge in [-0.15, -0.1) is 0 Å². The maximum atomic E-state index is 12.3. The first kappa shape index (κ1) is 15.1. The monoisotopic (exact) mass is 292 g/mol. The number of anilines is 1. The normalized spacial score (nSPS) is 18.1. The number of aromatic nitrogens is 1. The Labute approximate surface area is 123 Å². The van der Waals surface area contributed by atoms with Crippen molar-refractivity contribution in [2.24, 2.45) is 11.7 Å². The lowest BCUT2D eigenvalue weighted by Crippen LogP contribution is -2.46. The summed E-state index contributed by atoms with van der Waals surface area (Å²) in [6.45, 7) is 3.28. The molecule has 1 aliphatic heterocycles. The maximum Gasteiger partial charge on any atom is 0.314 e. The molecule has 0 aromatic carbocycles. The molecule has 0 saturated carbocycles. The average molecular weight is 292 g/mol. The molecule has 3 N–H and O–H groups in total. The van der Waals surface area contributed by atoms with Crippen LogP contribution in [-0.4, -0.2) is 41.5 Å². The van der Waals surface area contributed by atoms with Gasteiger partial charge in [0.2, 0.25) is 11.8 Å². The lowest BCUT2D eigenvalue weighted by Gasteiger charge is -2.30. The van der Waals surface area contributed by atoms with Crippen molar-refractivity contribution < 1.29 is 14.3 Å². The van der Waals surface area contributed by atoms with E-state index in [1.165, 1.54) is 4.90 Å². The predicted octanol–water partition coefficient (Wildman–Crippen LogP) is 1.21. The Bertz CT molecular complexity index is 521. The number of carbonyl (C=O) groups is 2. The van der Waals surface area contributed by atoms with Crippen LogP contribution in [0.5, 0.6) is 5.88 Å². The first-order valence-electron chi connectivity index (χ1n) is 7.05. The fourth-order valence-corrected chi connectivity index (χ4v) is 2.36. The second-order valence-electron chi connectivity index (χ2n) is 4.90. The van der Waals surface area contributed by atoms with Crippen molar-refractivity contribution in [2.75, 3.05) is 25.0 Å². The molecule has 1 aliphatic rings. The van der Waals surface area contributed by atoms with E-state index >= 15 is 0 Å². The molecule has 0 bridgehead atoms. The summed E-state index contributed by atoms with van der Waals surface area (Å²) in [5.74, 6) is -0.00764. The molecule has 1 fully saturated rings. The summed E-state index contributed by atoms with van der Waals surface area (Å²) < 4.78 is 5.37. The van der Waals surface area contributed by atoms with Gasteiger partial charge in [-0.25, -0.2) is 9.78 Å². The first-order chi connectivity index (χ1) is 10.1. The van der Waals surface area contributed by atoms with Gasteiger partial charge in [0.1, 0.15) is 5.69 Å². The van der Waals surface area contributed by atoms with Gasteiger partial charge in [0.25, 0.3) is 0 Å². The van der Waals surface area contributed by atoms with E-state index in [2.05, 4.69) is 10.3 Å². The Kier molecular flexibility index (Phi) is 4.97. The number of ether oxygens (including phenoxy) is 1. The van der Waals surface area contributed by atoms with Crippen LogP contribution < -0.4 is 15.8 Å².